The number of nitro benzene ring substituents is 1. The van der Waals surface area contributed by atoms with E-state index in [9.17, 15) is 37.3 Å². The van der Waals surface area contributed by atoms with Gasteiger partial charge in [0.05, 0.1) is 10.5 Å². The van der Waals surface area contributed by atoms with Crippen LogP contribution in [-0.2, 0) is 15.7 Å². The van der Waals surface area contributed by atoms with Crippen LogP contribution in [-0.4, -0.2) is 38.3 Å². The lowest BCUT2D eigenvalue weighted by Gasteiger charge is -2.28. The summed E-state index contributed by atoms with van der Waals surface area (Å²) in [6.45, 7) is 9.28. The number of hydrogen-bond acceptors (Lipinski definition) is 10. The predicted octanol–water partition coefficient (Wildman–Crippen LogP) is 7.71. The normalized spacial score (nSPS) is 11.9. The molecule has 0 bridgehead atoms. The molecule has 1 aromatic heterocycles. The van der Waals surface area contributed by atoms with Crippen molar-refractivity contribution in [3.63, 3.8) is 0 Å². The van der Waals surface area contributed by atoms with Gasteiger partial charge in [-0.3, -0.25) is 10.1 Å². The third-order valence-electron chi connectivity index (χ3n) is 4.98. The molecule has 2 amide bonds. The van der Waals surface area contributed by atoms with Crippen LogP contribution in [0.1, 0.15) is 47.1 Å². The Morgan fingerprint density at radius 3 is 1.91 bits per heavy atom. The maximum atomic E-state index is 14.0. The number of carbonyl (C=O) groups is 2. The van der Waals surface area contributed by atoms with Crippen molar-refractivity contribution in [1.29, 1.82) is 0 Å². The predicted molar refractivity (Wildman–Crippen MR) is 148 cm³/mol. The fraction of sp³-hybridized carbons (Fsp3) is 0.333. The zero-order chi connectivity index (χ0) is 32.3. The van der Waals surface area contributed by atoms with E-state index < -0.39 is 57.4 Å². The molecule has 0 aliphatic rings. The molecule has 0 saturated heterocycles. The van der Waals surface area contributed by atoms with E-state index in [-0.39, 0.29) is 23.1 Å². The average Bonchev–Trinajstić information content (AvgIpc) is 2.81. The van der Waals surface area contributed by atoms with Crippen molar-refractivity contribution in [2.45, 2.75) is 58.9 Å². The average molecular weight is 609 g/mol. The summed E-state index contributed by atoms with van der Waals surface area (Å²) < 4.78 is 63.8. The molecular formula is C27H28F4N6O6. The summed E-state index contributed by atoms with van der Waals surface area (Å²) in [6, 6.07) is 7.42. The zero-order valence-electron chi connectivity index (χ0n) is 23.9. The Bertz CT molecular complexity index is 1490. The van der Waals surface area contributed by atoms with Crippen LogP contribution in [0.25, 0.3) is 0 Å². The number of alkyl halides is 3. The molecule has 0 unspecified atom stereocenters. The van der Waals surface area contributed by atoms with Crippen molar-refractivity contribution in [3.8, 4) is 0 Å². The number of ether oxygens (including phenoxy) is 2. The van der Waals surface area contributed by atoms with Crippen molar-refractivity contribution in [2.24, 2.45) is 0 Å². The van der Waals surface area contributed by atoms with Crippen molar-refractivity contribution < 1.29 is 41.5 Å². The summed E-state index contributed by atoms with van der Waals surface area (Å²) in [4.78, 5) is 45.9. The SMILES string of the molecule is CC(C)(C)OC(=O)N(C(=O)OC(C)(C)C)c1cc(Nc2cc(F)ccc2[N+](=O)[O-])nc(Nc2ccc(C(F)(F)F)cc2)n1. The molecule has 0 saturated carbocycles. The van der Waals surface area contributed by atoms with Gasteiger partial charge in [-0.05, 0) is 71.9 Å². The molecule has 12 nitrogen and oxygen atoms in total. The number of halogens is 4. The number of hydrogen-bond donors (Lipinski definition) is 2. The van der Waals surface area contributed by atoms with Gasteiger partial charge in [0.2, 0.25) is 5.95 Å². The maximum Gasteiger partial charge on any atom is 0.425 e. The largest absolute Gasteiger partial charge is 0.443 e. The highest BCUT2D eigenvalue weighted by Crippen LogP contribution is 2.32. The van der Waals surface area contributed by atoms with E-state index in [0.29, 0.717) is 4.90 Å². The zero-order valence-corrected chi connectivity index (χ0v) is 23.9. The Morgan fingerprint density at radius 2 is 1.42 bits per heavy atom. The van der Waals surface area contributed by atoms with Crippen LogP contribution >= 0.6 is 0 Å². The van der Waals surface area contributed by atoms with Crippen LogP contribution in [0.4, 0.5) is 61.8 Å². The number of carbonyl (C=O) groups excluding carboxylic acids is 2. The molecule has 0 spiro atoms. The smallest absolute Gasteiger partial charge is 0.425 e. The Balaban J connectivity index is 2.17. The molecule has 0 fully saturated rings. The van der Waals surface area contributed by atoms with Gasteiger partial charge in [-0.1, -0.05) is 0 Å². The van der Waals surface area contributed by atoms with Crippen LogP contribution in [0.15, 0.2) is 48.5 Å². The van der Waals surface area contributed by atoms with E-state index in [2.05, 4.69) is 20.6 Å². The Morgan fingerprint density at radius 1 is 0.860 bits per heavy atom. The minimum Gasteiger partial charge on any atom is -0.443 e. The van der Waals surface area contributed by atoms with Crippen LogP contribution in [0.3, 0.4) is 0 Å². The Hall–Kier alpha value is -5.02. The number of benzene rings is 2. The second-order valence-electron chi connectivity index (χ2n) is 11.0. The molecule has 0 aliphatic carbocycles. The van der Waals surface area contributed by atoms with Gasteiger partial charge in [0.25, 0.3) is 5.69 Å². The van der Waals surface area contributed by atoms with Crippen LogP contribution in [0.2, 0.25) is 0 Å². The molecule has 0 radical (unpaired) electrons. The second kappa shape index (κ2) is 12.1. The summed E-state index contributed by atoms with van der Waals surface area (Å²) in [5.74, 6) is -1.91. The number of nitro groups is 1. The third kappa shape index (κ3) is 9.24. The monoisotopic (exact) mass is 608 g/mol. The maximum absolute atomic E-state index is 14.0. The quantitative estimate of drug-likeness (QED) is 0.162. The second-order valence-corrected chi connectivity index (χ2v) is 11.0. The fourth-order valence-electron chi connectivity index (χ4n) is 3.32. The molecule has 2 N–H and O–H groups in total. The van der Waals surface area contributed by atoms with Gasteiger partial charge in [-0.2, -0.15) is 28.0 Å². The molecule has 2 aromatic carbocycles. The van der Waals surface area contributed by atoms with Gasteiger partial charge in [0.15, 0.2) is 5.82 Å². The molecule has 43 heavy (non-hydrogen) atoms. The number of anilines is 5. The minimum atomic E-state index is -4.59. The first-order valence-electron chi connectivity index (χ1n) is 12.5. The molecule has 3 aromatic rings. The molecule has 3 rings (SSSR count). The highest BCUT2D eigenvalue weighted by Gasteiger charge is 2.35. The van der Waals surface area contributed by atoms with Gasteiger partial charge in [-0.25, -0.2) is 14.0 Å². The summed E-state index contributed by atoms with van der Waals surface area (Å²) in [6.07, 6.45) is -7.00. The number of nitrogens with one attached hydrogen (secondary N) is 2. The Labute approximate surface area is 243 Å². The molecule has 1 heterocycles. The highest BCUT2D eigenvalue weighted by atomic mass is 19.4. The van der Waals surface area contributed by atoms with Crippen LogP contribution in [0, 0.1) is 15.9 Å². The lowest BCUT2D eigenvalue weighted by atomic mass is 10.2. The van der Waals surface area contributed by atoms with Crippen molar-refractivity contribution >= 4 is 46.8 Å². The summed E-state index contributed by atoms with van der Waals surface area (Å²) in [5.41, 5.74) is -3.86. The number of nitrogens with zero attached hydrogens (tertiary/aromatic N) is 4. The number of imide groups is 1. The van der Waals surface area contributed by atoms with Crippen LogP contribution in [0.5, 0.6) is 0 Å². The first-order chi connectivity index (χ1) is 19.7. The first-order valence-corrected chi connectivity index (χ1v) is 12.5. The molecule has 0 atom stereocenters. The van der Waals surface area contributed by atoms with E-state index in [4.69, 9.17) is 9.47 Å². The highest BCUT2D eigenvalue weighted by molar-refractivity contribution is 6.09. The molecule has 230 valence electrons. The molecule has 16 heteroatoms. The van der Waals surface area contributed by atoms with Gasteiger partial charge in [0, 0.05) is 23.9 Å². The van der Waals surface area contributed by atoms with Gasteiger partial charge in [0.1, 0.15) is 28.5 Å². The van der Waals surface area contributed by atoms with Crippen molar-refractivity contribution in [2.75, 3.05) is 15.5 Å². The minimum absolute atomic E-state index is 0.0777. The fourth-order valence-corrected chi connectivity index (χ4v) is 3.32. The standard InChI is InChI=1S/C27H28F4N6O6/c1-25(2,3)42-23(38)36(24(39)43-26(4,5)6)21-14-20(33-18-13-16(28)9-12-19(18)37(40)41)34-22(35-21)32-17-10-7-15(8-11-17)27(29,30)31/h7-14H,1-6H3,(H2,32,33,34,35). The van der Waals surface area contributed by atoms with Crippen molar-refractivity contribution in [1.82, 2.24) is 9.97 Å². The Kier molecular flexibility index (Phi) is 9.12. The number of rotatable bonds is 6. The lowest BCUT2D eigenvalue weighted by Crippen LogP contribution is -2.44. The third-order valence-corrected chi connectivity index (χ3v) is 4.98. The van der Waals surface area contributed by atoms with E-state index in [1.807, 2.05) is 0 Å². The van der Waals surface area contributed by atoms with E-state index >= 15 is 0 Å². The number of amides is 2. The topological polar surface area (TPSA) is 149 Å². The summed E-state index contributed by atoms with van der Waals surface area (Å²) in [5, 5.41) is 16.8. The van der Waals surface area contributed by atoms with Gasteiger partial charge < -0.3 is 20.1 Å². The number of aromatic nitrogens is 2. The first kappa shape index (κ1) is 32.5. The summed E-state index contributed by atoms with van der Waals surface area (Å²) >= 11 is 0. The summed E-state index contributed by atoms with van der Waals surface area (Å²) in [7, 11) is 0. The van der Waals surface area contributed by atoms with E-state index in [1.165, 1.54) is 0 Å². The lowest BCUT2D eigenvalue weighted by molar-refractivity contribution is -0.384. The molecule has 0 aliphatic heterocycles. The van der Waals surface area contributed by atoms with Gasteiger partial charge in [-0.15, -0.1) is 0 Å². The van der Waals surface area contributed by atoms with Gasteiger partial charge >= 0.3 is 18.4 Å². The van der Waals surface area contributed by atoms with E-state index in [1.54, 1.807) is 41.5 Å². The molecular weight excluding hydrogens is 580 g/mol. The van der Waals surface area contributed by atoms with E-state index in [0.717, 1.165) is 48.5 Å². The van der Waals surface area contributed by atoms with Crippen LogP contribution < -0.4 is 15.5 Å². The van der Waals surface area contributed by atoms with Crippen molar-refractivity contribution in [3.05, 3.63) is 70.0 Å².